The molecule has 3 nitrogen and oxygen atoms in total. The minimum atomic E-state index is -0.200. The quantitative estimate of drug-likeness (QED) is 0.534. The third-order valence-electron chi connectivity index (χ3n) is 2.83. The molecule has 0 rings (SSSR count). The molecule has 0 heterocycles. The van der Waals surface area contributed by atoms with Gasteiger partial charge in [0.05, 0.1) is 0 Å². The fraction of sp³-hybridized carbons (Fsp3) is 0.923. The SMILES string of the molecule is CCCCCCCC(C)NCCCC(N)=O. The zero-order valence-electron chi connectivity index (χ0n) is 10.9. The topological polar surface area (TPSA) is 55.1 Å². The molecule has 0 aromatic heterocycles. The third kappa shape index (κ3) is 11.5. The highest BCUT2D eigenvalue weighted by Gasteiger charge is 2.01. The van der Waals surface area contributed by atoms with Gasteiger partial charge in [-0.05, 0) is 26.3 Å². The van der Waals surface area contributed by atoms with Crippen LogP contribution in [0.3, 0.4) is 0 Å². The number of unbranched alkanes of at least 4 members (excludes halogenated alkanes) is 4. The van der Waals surface area contributed by atoms with E-state index in [0.717, 1.165) is 13.0 Å². The average Bonchev–Trinajstić information content (AvgIpc) is 2.24. The molecular formula is C13H28N2O. The Balaban J connectivity index is 3.18. The van der Waals surface area contributed by atoms with Crippen molar-refractivity contribution < 1.29 is 4.79 Å². The van der Waals surface area contributed by atoms with Crippen LogP contribution in [0.5, 0.6) is 0 Å². The van der Waals surface area contributed by atoms with Crippen LogP contribution in [-0.4, -0.2) is 18.5 Å². The lowest BCUT2D eigenvalue weighted by Crippen LogP contribution is -2.27. The van der Waals surface area contributed by atoms with E-state index in [0.29, 0.717) is 12.5 Å². The normalized spacial score (nSPS) is 12.6. The highest BCUT2D eigenvalue weighted by atomic mass is 16.1. The van der Waals surface area contributed by atoms with E-state index < -0.39 is 0 Å². The Morgan fingerprint density at radius 2 is 1.88 bits per heavy atom. The van der Waals surface area contributed by atoms with E-state index in [-0.39, 0.29) is 5.91 Å². The molecule has 1 unspecified atom stereocenters. The molecule has 0 aliphatic rings. The summed E-state index contributed by atoms with van der Waals surface area (Å²) < 4.78 is 0. The van der Waals surface area contributed by atoms with Gasteiger partial charge in [-0.3, -0.25) is 4.79 Å². The number of nitrogens with one attached hydrogen (secondary N) is 1. The largest absolute Gasteiger partial charge is 0.370 e. The van der Waals surface area contributed by atoms with Crippen LogP contribution in [0, 0.1) is 0 Å². The maximum atomic E-state index is 10.5. The van der Waals surface area contributed by atoms with Crippen molar-refractivity contribution in [2.45, 2.75) is 71.3 Å². The number of primary amides is 1. The van der Waals surface area contributed by atoms with E-state index in [1.807, 2.05) is 0 Å². The van der Waals surface area contributed by atoms with Crippen molar-refractivity contribution in [1.29, 1.82) is 0 Å². The van der Waals surface area contributed by atoms with Gasteiger partial charge in [-0.25, -0.2) is 0 Å². The Bertz CT molecular complexity index is 171. The van der Waals surface area contributed by atoms with Gasteiger partial charge >= 0.3 is 0 Å². The molecule has 0 aromatic carbocycles. The van der Waals surface area contributed by atoms with Gasteiger partial charge in [-0.15, -0.1) is 0 Å². The van der Waals surface area contributed by atoms with Crippen LogP contribution < -0.4 is 11.1 Å². The average molecular weight is 228 g/mol. The summed E-state index contributed by atoms with van der Waals surface area (Å²) in [5.74, 6) is -0.200. The van der Waals surface area contributed by atoms with Crippen molar-refractivity contribution in [3.8, 4) is 0 Å². The summed E-state index contributed by atoms with van der Waals surface area (Å²) in [6, 6.07) is 0.564. The van der Waals surface area contributed by atoms with Gasteiger partial charge in [0, 0.05) is 12.5 Å². The fourth-order valence-corrected chi connectivity index (χ4v) is 1.77. The van der Waals surface area contributed by atoms with Crippen molar-refractivity contribution in [1.82, 2.24) is 5.32 Å². The number of rotatable bonds is 11. The number of amides is 1. The van der Waals surface area contributed by atoms with Crippen LogP contribution >= 0.6 is 0 Å². The van der Waals surface area contributed by atoms with Crippen molar-refractivity contribution in [2.75, 3.05) is 6.54 Å². The van der Waals surface area contributed by atoms with Gasteiger partial charge in [-0.2, -0.15) is 0 Å². The Hall–Kier alpha value is -0.570. The molecule has 0 fully saturated rings. The zero-order chi connectivity index (χ0) is 12.2. The molecule has 0 saturated heterocycles. The molecule has 16 heavy (non-hydrogen) atoms. The van der Waals surface area contributed by atoms with Gasteiger partial charge < -0.3 is 11.1 Å². The zero-order valence-corrected chi connectivity index (χ0v) is 10.9. The van der Waals surface area contributed by atoms with Gasteiger partial charge in [-0.1, -0.05) is 39.0 Å². The summed E-state index contributed by atoms with van der Waals surface area (Å²) in [7, 11) is 0. The first kappa shape index (κ1) is 15.4. The standard InChI is InChI=1S/C13H28N2O/c1-3-4-5-6-7-9-12(2)15-11-8-10-13(14)16/h12,15H,3-11H2,1-2H3,(H2,14,16). The molecule has 0 spiro atoms. The van der Waals surface area contributed by atoms with E-state index >= 15 is 0 Å². The van der Waals surface area contributed by atoms with Crippen molar-refractivity contribution in [3.05, 3.63) is 0 Å². The summed E-state index contributed by atoms with van der Waals surface area (Å²) in [6.45, 7) is 5.35. The van der Waals surface area contributed by atoms with Crippen molar-refractivity contribution in [3.63, 3.8) is 0 Å². The third-order valence-corrected chi connectivity index (χ3v) is 2.83. The number of hydrogen-bond donors (Lipinski definition) is 2. The first-order chi connectivity index (χ1) is 7.66. The first-order valence-electron chi connectivity index (χ1n) is 6.68. The van der Waals surface area contributed by atoms with Crippen LogP contribution in [0.1, 0.15) is 65.2 Å². The number of carbonyl (C=O) groups is 1. The second-order valence-electron chi connectivity index (χ2n) is 4.63. The molecule has 1 atom stereocenters. The molecule has 3 heteroatoms. The highest BCUT2D eigenvalue weighted by Crippen LogP contribution is 2.06. The molecule has 96 valence electrons. The highest BCUT2D eigenvalue weighted by molar-refractivity contribution is 5.73. The maximum Gasteiger partial charge on any atom is 0.217 e. The Labute approximate surface area is 100 Å². The van der Waals surface area contributed by atoms with Crippen LogP contribution in [0.25, 0.3) is 0 Å². The second kappa shape index (κ2) is 10.9. The second-order valence-corrected chi connectivity index (χ2v) is 4.63. The predicted molar refractivity (Wildman–Crippen MR) is 69.3 cm³/mol. The monoisotopic (exact) mass is 228 g/mol. The van der Waals surface area contributed by atoms with Gasteiger partial charge in [0.15, 0.2) is 0 Å². The lowest BCUT2D eigenvalue weighted by Gasteiger charge is -2.13. The molecule has 0 bridgehead atoms. The molecule has 0 radical (unpaired) electrons. The van der Waals surface area contributed by atoms with E-state index in [1.165, 1.54) is 38.5 Å². The lowest BCUT2D eigenvalue weighted by atomic mass is 10.1. The van der Waals surface area contributed by atoms with Gasteiger partial charge in [0.2, 0.25) is 5.91 Å². The van der Waals surface area contributed by atoms with E-state index in [2.05, 4.69) is 19.2 Å². The minimum absolute atomic E-state index is 0.200. The predicted octanol–water partition coefficient (Wildman–Crippen LogP) is 2.59. The summed E-state index contributed by atoms with van der Waals surface area (Å²) in [4.78, 5) is 10.5. The lowest BCUT2D eigenvalue weighted by molar-refractivity contribution is -0.118. The number of carbonyl (C=O) groups excluding carboxylic acids is 1. The summed E-state index contributed by atoms with van der Waals surface area (Å²) in [6.07, 6.45) is 9.28. The molecule has 0 saturated carbocycles. The van der Waals surface area contributed by atoms with Crippen LogP contribution in [0.15, 0.2) is 0 Å². The van der Waals surface area contributed by atoms with Crippen molar-refractivity contribution >= 4 is 5.91 Å². The van der Waals surface area contributed by atoms with Crippen LogP contribution in [0.2, 0.25) is 0 Å². The van der Waals surface area contributed by atoms with Crippen molar-refractivity contribution in [2.24, 2.45) is 5.73 Å². The number of hydrogen-bond acceptors (Lipinski definition) is 2. The molecule has 0 aromatic rings. The maximum absolute atomic E-state index is 10.5. The molecular weight excluding hydrogens is 200 g/mol. The van der Waals surface area contributed by atoms with Gasteiger partial charge in [0.1, 0.15) is 0 Å². The Morgan fingerprint density at radius 1 is 1.19 bits per heavy atom. The molecule has 1 amide bonds. The van der Waals surface area contributed by atoms with Gasteiger partial charge in [0.25, 0.3) is 0 Å². The minimum Gasteiger partial charge on any atom is -0.370 e. The molecule has 0 aliphatic carbocycles. The van der Waals surface area contributed by atoms with E-state index in [4.69, 9.17) is 5.73 Å². The smallest absolute Gasteiger partial charge is 0.217 e. The van der Waals surface area contributed by atoms with Crippen LogP contribution in [-0.2, 0) is 4.79 Å². The Kier molecular flexibility index (Phi) is 10.5. The molecule has 3 N–H and O–H groups in total. The summed E-state index contributed by atoms with van der Waals surface area (Å²) in [5, 5.41) is 3.42. The van der Waals surface area contributed by atoms with E-state index in [1.54, 1.807) is 0 Å². The van der Waals surface area contributed by atoms with Crippen LogP contribution in [0.4, 0.5) is 0 Å². The summed E-state index contributed by atoms with van der Waals surface area (Å²) >= 11 is 0. The fourth-order valence-electron chi connectivity index (χ4n) is 1.77. The Morgan fingerprint density at radius 3 is 2.50 bits per heavy atom. The summed E-state index contributed by atoms with van der Waals surface area (Å²) in [5.41, 5.74) is 5.07. The van der Waals surface area contributed by atoms with E-state index in [9.17, 15) is 4.79 Å². The number of nitrogens with two attached hydrogens (primary N) is 1. The molecule has 0 aliphatic heterocycles. The first-order valence-corrected chi connectivity index (χ1v) is 6.68.